The minimum absolute atomic E-state index is 0. The molecule has 0 atom stereocenters. The molecule has 0 bridgehead atoms. The number of hydrogen-bond donors (Lipinski definition) is 0. The maximum Gasteiger partial charge on any atom is 0.264 e. The Morgan fingerprint density at radius 1 is 0.686 bits per heavy atom. The molecule has 2 aromatic rings. The first kappa shape index (κ1) is 33.1. The molecule has 2 fully saturated rings. The lowest BCUT2D eigenvalue weighted by Gasteiger charge is -2.21. The van der Waals surface area contributed by atoms with Crippen molar-refractivity contribution in [2.75, 3.05) is 27.6 Å². The lowest BCUT2D eigenvalue weighted by molar-refractivity contribution is 0.164. The van der Waals surface area contributed by atoms with E-state index in [-0.39, 0.29) is 13.5 Å². The third-order valence-corrected chi connectivity index (χ3v) is 6.34. The van der Waals surface area contributed by atoms with Crippen LogP contribution in [0.4, 0.5) is 0 Å². The zero-order valence-corrected chi connectivity index (χ0v) is 22.3. The standard InChI is InChI=1S/C12H16.C7H14O3S.C7H8O.C2H6O.CH4/c1-3-7-11(8-4-1)12-9-5-2-6-10-12;1-11(8,9)10-7-5-3-2-4-6-7;1-8-7-5-3-2-4-6-7;1-3-2;/h1,3-4,7-8,12H,2,5-6,9-10H2;7H,2-6H2,1H3;2-6H,1H3;1-2H3;1H4. The van der Waals surface area contributed by atoms with Crippen LogP contribution in [0.1, 0.15) is 83.1 Å². The van der Waals surface area contributed by atoms with Gasteiger partial charge < -0.3 is 9.47 Å². The number of para-hydroxylation sites is 1. The first-order chi connectivity index (χ1) is 16.4. The van der Waals surface area contributed by atoms with Gasteiger partial charge in [0.15, 0.2) is 0 Å². The van der Waals surface area contributed by atoms with Gasteiger partial charge >= 0.3 is 0 Å². The van der Waals surface area contributed by atoms with Crippen molar-refractivity contribution in [3.63, 3.8) is 0 Å². The zero-order chi connectivity index (χ0) is 25.1. The summed E-state index contributed by atoms with van der Waals surface area (Å²) in [6, 6.07) is 20.6. The smallest absolute Gasteiger partial charge is 0.264 e. The Hall–Kier alpha value is -1.89. The average molecular weight is 509 g/mol. The highest BCUT2D eigenvalue weighted by atomic mass is 32.2. The van der Waals surface area contributed by atoms with Crippen LogP contribution in [0.2, 0.25) is 0 Å². The normalized spacial score (nSPS) is 16.0. The van der Waals surface area contributed by atoms with Crippen LogP contribution < -0.4 is 4.74 Å². The lowest BCUT2D eigenvalue weighted by atomic mass is 9.84. The Bertz CT molecular complexity index is 813. The van der Waals surface area contributed by atoms with Gasteiger partial charge in [0.2, 0.25) is 0 Å². The van der Waals surface area contributed by atoms with Gasteiger partial charge in [-0.15, -0.1) is 0 Å². The van der Waals surface area contributed by atoms with Gasteiger partial charge in [-0.05, 0) is 49.3 Å². The zero-order valence-electron chi connectivity index (χ0n) is 21.4. The molecular formula is C29H48O5S. The molecule has 0 spiro atoms. The van der Waals surface area contributed by atoms with Crippen LogP contribution in [0.25, 0.3) is 0 Å². The maximum atomic E-state index is 10.7. The Balaban J connectivity index is 0.000000470. The number of ether oxygens (including phenoxy) is 2. The van der Waals surface area contributed by atoms with Gasteiger partial charge in [-0.3, -0.25) is 4.18 Å². The third kappa shape index (κ3) is 17.2. The van der Waals surface area contributed by atoms with Crippen molar-refractivity contribution in [1.82, 2.24) is 0 Å². The molecule has 5 nitrogen and oxygen atoms in total. The fourth-order valence-corrected chi connectivity index (χ4v) is 4.81. The Morgan fingerprint density at radius 3 is 1.51 bits per heavy atom. The van der Waals surface area contributed by atoms with E-state index in [1.807, 2.05) is 30.3 Å². The van der Waals surface area contributed by atoms with E-state index >= 15 is 0 Å². The Morgan fingerprint density at radius 2 is 1.11 bits per heavy atom. The summed E-state index contributed by atoms with van der Waals surface area (Å²) in [4.78, 5) is 0. The topological polar surface area (TPSA) is 61.8 Å². The summed E-state index contributed by atoms with van der Waals surface area (Å²) >= 11 is 0. The van der Waals surface area contributed by atoms with Gasteiger partial charge in [-0.25, -0.2) is 0 Å². The first-order valence-corrected chi connectivity index (χ1v) is 14.1. The van der Waals surface area contributed by atoms with E-state index in [1.54, 1.807) is 26.9 Å². The van der Waals surface area contributed by atoms with Crippen LogP contribution in [-0.4, -0.2) is 42.1 Å². The number of rotatable bonds is 4. The number of methoxy groups -OCH3 is 2. The fourth-order valence-electron chi connectivity index (χ4n) is 4.13. The van der Waals surface area contributed by atoms with E-state index in [0.717, 1.165) is 43.6 Å². The lowest BCUT2D eigenvalue weighted by Crippen LogP contribution is -2.20. The maximum absolute atomic E-state index is 10.7. The molecule has 35 heavy (non-hydrogen) atoms. The van der Waals surface area contributed by atoms with Crippen molar-refractivity contribution in [2.45, 2.75) is 83.7 Å². The van der Waals surface area contributed by atoms with Gasteiger partial charge in [0.25, 0.3) is 10.1 Å². The number of benzene rings is 2. The summed E-state index contributed by atoms with van der Waals surface area (Å²) in [7, 11) is 1.69. The van der Waals surface area contributed by atoms with Gasteiger partial charge in [0.05, 0.1) is 19.5 Å². The van der Waals surface area contributed by atoms with Crippen molar-refractivity contribution in [2.24, 2.45) is 0 Å². The molecule has 2 saturated carbocycles. The van der Waals surface area contributed by atoms with Gasteiger partial charge in [0, 0.05) is 14.2 Å². The number of hydrogen-bond acceptors (Lipinski definition) is 5. The fraction of sp³-hybridized carbons (Fsp3) is 0.586. The molecule has 0 unspecified atom stereocenters. The summed E-state index contributed by atoms with van der Waals surface area (Å²) in [5.41, 5.74) is 1.55. The van der Waals surface area contributed by atoms with Crippen molar-refractivity contribution in [3.05, 3.63) is 66.2 Å². The molecule has 2 aliphatic carbocycles. The Kier molecular flexibility index (Phi) is 19.2. The molecular weight excluding hydrogens is 460 g/mol. The molecule has 2 aromatic carbocycles. The molecule has 0 radical (unpaired) electrons. The van der Waals surface area contributed by atoms with Crippen molar-refractivity contribution >= 4 is 10.1 Å². The highest BCUT2D eigenvalue weighted by Gasteiger charge is 2.18. The first-order valence-electron chi connectivity index (χ1n) is 12.3. The summed E-state index contributed by atoms with van der Waals surface area (Å²) in [6.07, 6.45) is 13.4. The molecule has 0 amide bonds. The second kappa shape index (κ2) is 20.3. The van der Waals surface area contributed by atoms with Crippen LogP contribution >= 0.6 is 0 Å². The van der Waals surface area contributed by atoms with Crippen LogP contribution in [-0.2, 0) is 19.0 Å². The van der Waals surface area contributed by atoms with E-state index in [1.165, 1.54) is 38.5 Å². The van der Waals surface area contributed by atoms with E-state index in [9.17, 15) is 8.42 Å². The van der Waals surface area contributed by atoms with Crippen LogP contribution in [0.5, 0.6) is 5.75 Å². The molecule has 6 heteroatoms. The highest BCUT2D eigenvalue weighted by molar-refractivity contribution is 7.86. The molecule has 0 aromatic heterocycles. The molecule has 0 N–H and O–H groups in total. The molecule has 0 aliphatic heterocycles. The van der Waals surface area contributed by atoms with Gasteiger partial charge in [0.1, 0.15) is 5.75 Å². The molecule has 4 rings (SSSR count). The minimum atomic E-state index is -3.22. The summed E-state index contributed by atoms with van der Waals surface area (Å²) in [6.45, 7) is 0. The van der Waals surface area contributed by atoms with E-state index in [4.69, 9.17) is 8.92 Å². The van der Waals surface area contributed by atoms with E-state index in [2.05, 4.69) is 35.1 Å². The summed E-state index contributed by atoms with van der Waals surface area (Å²) in [5.74, 6) is 1.77. The highest BCUT2D eigenvalue weighted by Crippen LogP contribution is 2.32. The second-order valence-electron chi connectivity index (χ2n) is 8.73. The predicted molar refractivity (Wildman–Crippen MR) is 148 cm³/mol. The monoisotopic (exact) mass is 508 g/mol. The molecule has 2 aliphatic rings. The largest absolute Gasteiger partial charge is 0.497 e. The Labute approximate surface area is 215 Å². The summed E-state index contributed by atoms with van der Waals surface area (Å²) < 4.78 is 35.4. The molecule has 0 heterocycles. The van der Waals surface area contributed by atoms with Crippen LogP contribution in [0.3, 0.4) is 0 Å². The summed E-state index contributed by atoms with van der Waals surface area (Å²) in [5, 5.41) is 0. The molecule has 0 saturated heterocycles. The van der Waals surface area contributed by atoms with E-state index in [0.29, 0.717) is 0 Å². The van der Waals surface area contributed by atoms with Crippen molar-refractivity contribution in [1.29, 1.82) is 0 Å². The minimum Gasteiger partial charge on any atom is -0.497 e. The van der Waals surface area contributed by atoms with Gasteiger partial charge in [-0.1, -0.05) is 94.5 Å². The average Bonchev–Trinajstić information content (AvgIpc) is 2.87. The third-order valence-electron chi connectivity index (χ3n) is 5.72. The molecule has 200 valence electrons. The second-order valence-corrected chi connectivity index (χ2v) is 10.3. The van der Waals surface area contributed by atoms with Crippen LogP contribution in [0, 0.1) is 0 Å². The predicted octanol–water partition coefficient (Wildman–Crippen LogP) is 7.62. The van der Waals surface area contributed by atoms with Gasteiger partial charge in [-0.2, -0.15) is 8.42 Å². The van der Waals surface area contributed by atoms with E-state index < -0.39 is 10.1 Å². The van der Waals surface area contributed by atoms with Crippen molar-refractivity contribution in [3.8, 4) is 5.75 Å². The van der Waals surface area contributed by atoms with Crippen molar-refractivity contribution < 1.29 is 22.1 Å². The SMILES string of the molecule is C.COC.COc1ccccc1.CS(=O)(=O)OC1CCCCC1.c1ccc(C2CCCCC2)cc1. The van der Waals surface area contributed by atoms with Crippen LogP contribution in [0.15, 0.2) is 60.7 Å². The quantitative estimate of drug-likeness (QED) is 0.397.